The van der Waals surface area contributed by atoms with E-state index in [1.807, 2.05) is 60.7 Å². The maximum Gasteiger partial charge on any atom is 0.325 e. The van der Waals surface area contributed by atoms with Crippen molar-refractivity contribution in [2.45, 2.75) is 38.3 Å². The van der Waals surface area contributed by atoms with E-state index < -0.39 is 12.0 Å². The Hall–Kier alpha value is -5.04. The molecule has 228 valence electrons. The minimum atomic E-state index is -0.684. The zero-order chi connectivity index (χ0) is 31.1. The third-order valence-corrected chi connectivity index (χ3v) is 6.74. The molecule has 0 saturated carbocycles. The van der Waals surface area contributed by atoms with Crippen molar-refractivity contribution in [3.05, 3.63) is 84.9 Å². The van der Waals surface area contributed by atoms with Crippen molar-refractivity contribution in [1.29, 1.82) is 0 Å². The first-order valence-electron chi connectivity index (χ1n) is 14.1. The molecule has 0 radical (unpaired) electrons. The van der Waals surface area contributed by atoms with Gasteiger partial charge in [0.2, 0.25) is 11.8 Å². The number of nitrogens with one attached hydrogen (secondary N) is 3. The second-order valence-electron chi connectivity index (χ2n) is 9.78. The monoisotopic (exact) mass is 614 g/mol. The number of unbranched alkanes of at least 4 members (excludes halogenated alkanes) is 1. The number of esters is 1. The molecule has 0 aliphatic heterocycles. The van der Waals surface area contributed by atoms with E-state index in [0.717, 1.165) is 22.8 Å². The van der Waals surface area contributed by atoms with E-state index in [1.165, 1.54) is 7.11 Å². The van der Waals surface area contributed by atoms with Gasteiger partial charge < -0.3 is 20.7 Å². The molecule has 0 aromatic carbocycles. The molecule has 44 heavy (non-hydrogen) atoms. The molecule has 4 aromatic heterocycles. The summed E-state index contributed by atoms with van der Waals surface area (Å²) < 4.78 is 6.19. The maximum absolute atomic E-state index is 12.9. The van der Waals surface area contributed by atoms with Crippen LogP contribution in [0.4, 0.5) is 0 Å². The minimum Gasteiger partial charge on any atom is -0.468 e. The number of hydrogen-bond acceptors (Lipinski definition) is 9. The van der Waals surface area contributed by atoms with Crippen molar-refractivity contribution in [2.24, 2.45) is 0 Å². The summed E-state index contributed by atoms with van der Waals surface area (Å²) in [5.74, 6) is -1.10. The molecular weight excluding hydrogens is 580 g/mol. The highest BCUT2D eigenvalue weighted by Gasteiger charge is 2.20. The Morgan fingerprint density at radius 2 is 1.61 bits per heavy atom. The van der Waals surface area contributed by atoms with Crippen molar-refractivity contribution < 1.29 is 19.1 Å². The number of pyridine rings is 3. The van der Waals surface area contributed by atoms with Gasteiger partial charge in [-0.1, -0.05) is 30.4 Å². The predicted molar refractivity (Wildman–Crippen MR) is 168 cm³/mol. The normalized spacial score (nSPS) is 11.3. The fourth-order valence-corrected chi connectivity index (χ4v) is 4.56. The van der Waals surface area contributed by atoms with E-state index in [9.17, 15) is 14.4 Å². The first kappa shape index (κ1) is 31.9. The first-order valence-corrected chi connectivity index (χ1v) is 14.5. The van der Waals surface area contributed by atoms with Crippen LogP contribution in [-0.4, -0.2) is 73.7 Å². The quantitative estimate of drug-likeness (QED) is 0.103. The Morgan fingerprint density at radius 1 is 0.886 bits per heavy atom. The number of nitrogens with zero attached hydrogens (tertiary/aromatic N) is 5. The van der Waals surface area contributed by atoms with Gasteiger partial charge >= 0.3 is 5.97 Å². The van der Waals surface area contributed by atoms with Gasteiger partial charge in [-0.05, 0) is 61.7 Å². The molecule has 3 N–H and O–H groups in total. The minimum absolute atomic E-state index is 0.0801. The largest absolute Gasteiger partial charge is 0.468 e. The molecule has 0 saturated heterocycles. The number of carbonyl (C=O) groups is 3. The fraction of sp³-hybridized carbons (Fsp3) is 0.290. The van der Waals surface area contributed by atoms with Gasteiger partial charge in [-0.3, -0.25) is 34.0 Å². The van der Waals surface area contributed by atoms with Gasteiger partial charge in [0.15, 0.2) is 0 Å². The lowest BCUT2D eigenvalue weighted by molar-refractivity contribution is -0.141. The molecule has 0 spiro atoms. The van der Waals surface area contributed by atoms with Crippen LogP contribution >= 0.6 is 12.2 Å². The van der Waals surface area contributed by atoms with Gasteiger partial charge in [0, 0.05) is 37.3 Å². The summed E-state index contributed by atoms with van der Waals surface area (Å²) in [4.78, 5) is 50.6. The highest BCUT2D eigenvalue weighted by molar-refractivity contribution is 7.80. The molecule has 4 rings (SSSR count). The Balaban J connectivity index is 1.25. The van der Waals surface area contributed by atoms with Crippen LogP contribution in [0.3, 0.4) is 0 Å². The first-order chi connectivity index (χ1) is 21.4. The molecule has 0 aliphatic carbocycles. The smallest absolute Gasteiger partial charge is 0.325 e. The van der Waals surface area contributed by atoms with Crippen LogP contribution in [0.15, 0.2) is 79.3 Å². The molecule has 0 unspecified atom stereocenters. The number of carbonyl (C=O) groups excluding carboxylic acids is 3. The summed E-state index contributed by atoms with van der Waals surface area (Å²) >= 11 is 5.57. The van der Waals surface area contributed by atoms with Crippen LogP contribution in [0.5, 0.6) is 0 Å². The lowest BCUT2D eigenvalue weighted by Gasteiger charge is -2.20. The van der Waals surface area contributed by atoms with Gasteiger partial charge in [0.25, 0.3) is 0 Å². The average molecular weight is 615 g/mol. The number of methoxy groups -OCH3 is 1. The van der Waals surface area contributed by atoms with Crippen molar-refractivity contribution in [1.82, 2.24) is 40.7 Å². The van der Waals surface area contributed by atoms with E-state index >= 15 is 0 Å². The van der Waals surface area contributed by atoms with Crippen molar-refractivity contribution in [3.63, 3.8) is 0 Å². The third-order valence-electron chi connectivity index (χ3n) is 6.48. The standard InChI is InChI=1S/C31H34N8O4S/c1-43-30(41)20-35-31(42)27(37-29(44)19-22-9-8-13-25(36-22)23-10-2-5-15-32-23)12-4-7-17-34-28(40)21-39-18-14-26(38-39)24-11-3-6-16-33-24/h2-3,5-6,8-11,13-16,18,27H,4,7,12,17,19-21H2,1H3,(H,34,40)(H,35,42)(H,37,44)/t27-/m0/s1. The summed E-state index contributed by atoms with van der Waals surface area (Å²) in [6.07, 6.45) is 7.13. The van der Waals surface area contributed by atoms with E-state index in [1.54, 1.807) is 23.3 Å². The highest BCUT2D eigenvalue weighted by Crippen LogP contribution is 2.15. The molecule has 0 fully saturated rings. The van der Waals surface area contributed by atoms with E-state index in [-0.39, 0.29) is 24.9 Å². The summed E-state index contributed by atoms with van der Waals surface area (Å²) in [5, 5.41) is 13.0. The predicted octanol–water partition coefficient (Wildman–Crippen LogP) is 2.51. The third kappa shape index (κ3) is 10.1. The number of thiocarbonyl (C=S) groups is 1. The topological polar surface area (TPSA) is 153 Å². The second-order valence-corrected chi connectivity index (χ2v) is 10.3. The lowest BCUT2D eigenvalue weighted by atomic mass is 10.1. The molecule has 4 aromatic rings. The average Bonchev–Trinajstić information content (AvgIpc) is 3.52. The number of hydrogen-bond donors (Lipinski definition) is 3. The maximum atomic E-state index is 12.9. The Kier molecular flexibility index (Phi) is 12.0. The number of aromatic nitrogens is 5. The molecule has 1 atom stereocenters. The highest BCUT2D eigenvalue weighted by atomic mass is 32.1. The van der Waals surface area contributed by atoms with Crippen LogP contribution in [0, 0.1) is 0 Å². The van der Waals surface area contributed by atoms with Gasteiger partial charge in [0.1, 0.15) is 24.8 Å². The van der Waals surface area contributed by atoms with Gasteiger partial charge in [-0.2, -0.15) is 5.10 Å². The van der Waals surface area contributed by atoms with Crippen molar-refractivity contribution >= 4 is 35.0 Å². The Bertz CT molecular complexity index is 1550. The molecule has 12 nitrogen and oxygen atoms in total. The van der Waals surface area contributed by atoms with Gasteiger partial charge in [0.05, 0.1) is 29.2 Å². The zero-order valence-corrected chi connectivity index (χ0v) is 25.1. The summed E-state index contributed by atoms with van der Waals surface area (Å²) in [6, 6.07) is 17.9. The number of ether oxygens (including phenoxy) is 1. The molecule has 0 aliphatic rings. The SMILES string of the molecule is COC(=O)CNC(=O)[C@H](CCCCNC(=O)Cn1ccc(-c2ccccn2)n1)NC(=S)Cc1cccc(-c2ccccn2)n1. The number of rotatable bonds is 15. The second kappa shape index (κ2) is 16.6. The van der Waals surface area contributed by atoms with Crippen molar-refractivity contribution in [3.8, 4) is 22.8 Å². The van der Waals surface area contributed by atoms with Crippen LogP contribution in [0.1, 0.15) is 25.0 Å². The zero-order valence-electron chi connectivity index (χ0n) is 24.3. The Morgan fingerprint density at radius 3 is 2.32 bits per heavy atom. The van der Waals surface area contributed by atoms with E-state index in [2.05, 4.69) is 40.7 Å². The molecule has 2 amide bonds. The summed E-state index contributed by atoms with van der Waals surface area (Å²) in [5.41, 5.74) is 3.63. The van der Waals surface area contributed by atoms with Crippen LogP contribution < -0.4 is 16.0 Å². The molecule has 0 bridgehead atoms. The van der Waals surface area contributed by atoms with Crippen LogP contribution in [0.25, 0.3) is 22.8 Å². The number of amides is 2. The molecule has 4 heterocycles. The van der Waals surface area contributed by atoms with Gasteiger partial charge in [-0.25, -0.2) is 0 Å². The van der Waals surface area contributed by atoms with Crippen molar-refractivity contribution in [2.75, 3.05) is 20.2 Å². The van der Waals surface area contributed by atoms with Crippen LogP contribution in [0.2, 0.25) is 0 Å². The van der Waals surface area contributed by atoms with E-state index in [0.29, 0.717) is 42.9 Å². The fourth-order valence-electron chi connectivity index (χ4n) is 4.27. The lowest BCUT2D eigenvalue weighted by Crippen LogP contribution is -2.48. The van der Waals surface area contributed by atoms with Gasteiger partial charge in [-0.15, -0.1) is 0 Å². The molecular formula is C31H34N8O4S. The van der Waals surface area contributed by atoms with Crippen LogP contribution in [-0.2, 0) is 32.1 Å². The van der Waals surface area contributed by atoms with E-state index in [4.69, 9.17) is 12.2 Å². The molecule has 13 heteroatoms. The summed E-state index contributed by atoms with van der Waals surface area (Å²) in [6.45, 7) is 0.259. The Labute approximate surface area is 260 Å². The summed E-state index contributed by atoms with van der Waals surface area (Å²) in [7, 11) is 1.26.